The third-order valence-corrected chi connectivity index (χ3v) is 4.24. The van der Waals surface area contributed by atoms with E-state index < -0.39 is 0 Å². The van der Waals surface area contributed by atoms with Gasteiger partial charge in [0.1, 0.15) is 5.75 Å². The molecule has 21 heavy (non-hydrogen) atoms. The number of halogens is 1. The van der Waals surface area contributed by atoms with E-state index in [9.17, 15) is 4.79 Å². The summed E-state index contributed by atoms with van der Waals surface area (Å²) in [5, 5.41) is 5.48. The number of hydrogen-bond acceptors (Lipinski definition) is 4. The predicted octanol–water partition coefficient (Wildman–Crippen LogP) is 3.13. The molecule has 1 N–H and O–H groups in total. The molecule has 2 aromatic rings. The van der Waals surface area contributed by atoms with Gasteiger partial charge < -0.3 is 14.8 Å². The maximum atomic E-state index is 11.9. The zero-order chi connectivity index (χ0) is 14.7. The average Bonchev–Trinajstić information content (AvgIpc) is 2.97. The second-order valence-electron chi connectivity index (χ2n) is 4.70. The summed E-state index contributed by atoms with van der Waals surface area (Å²) in [6.07, 6.45) is 0.393. The van der Waals surface area contributed by atoms with Crippen LogP contribution in [-0.4, -0.2) is 12.7 Å². The zero-order valence-electron chi connectivity index (χ0n) is 11.2. The van der Waals surface area contributed by atoms with Crippen LogP contribution in [0.15, 0.2) is 29.6 Å². The summed E-state index contributed by atoms with van der Waals surface area (Å²) in [4.78, 5) is 13.0. The number of hydrogen-bond donors (Lipinski definition) is 1. The van der Waals surface area contributed by atoms with Gasteiger partial charge in [-0.2, -0.15) is 0 Å². The van der Waals surface area contributed by atoms with Gasteiger partial charge in [-0.1, -0.05) is 17.7 Å². The lowest BCUT2D eigenvalue weighted by Crippen LogP contribution is -2.25. The maximum absolute atomic E-state index is 11.9. The van der Waals surface area contributed by atoms with Crippen LogP contribution in [0.25, 0.3) is 0 Å². The van der Waals surface area contributed by atoms with Gasteiger partial charge in [0, 0.05) is 27.6 Å². The molecule has 0 aliphatic carbocycles. The summed E-state index contributed by atoms with van der Waals surface area (Å²) >= 11 is 7.67. The molecule has 3 rings (SSSR count). The van der Waals surface area contributed by atoms with Crippen LogP contribution < -0.4 is 10.1 Å². The van der Waals surface area contributed by atoms with Crippen molar-refractivity contribution >= 4 is 28.8 Å². The zero-order valence-corrected chi connectivity index (χ0v) is 12.8. The molecule has 0 fully saturated rings. The van der Waals surface area contributed by atoms with Gasteiger partial charge in [0.05, 0.1) is 13.0 Å². The normalized spacial score (nSPS) is 13.4. The Morgan fingerprint density at radius 3 is 3.14 bits per heavy atom. The molecule has 1 aromatic heterocycles. The predicted molar refractivity (Wildman–Crippen MR) is 81.6 cm³/mol. The van der Waals surface area contributed by atoms with Crippen molar-refractivity contribution < 1.29 is 14.3 Å². The van der Waals surface area contributed by atoms with Crippen molar-refractivity contribution in [3.8, 4) is 5.75 Å². The molecule has 110 valence electrons. The summed E-state index contributed by atoms with van der Waals surface area (Å²) in [6, 6.07) is 7.53. The molecule has 1 amide bonds. The van der Waals surface area contributed by atoms with E-state index in [1.165, 1.54) is 0 Å². The van der Waals surface area contributed by atoms with Crippen molar-refractivity contribution in [2.75, 3.05) is 6.79 Å². The Kier molecular flexibility index (Phi) is 4.43. The molecule has 0 unspecified atom stereocenters. The van der Waals surface area contributed by atoms with Gasteiger partial charge in [-0.05, 0) is 23.6 Å². The van der Waals surface area contributed by atoms with E-state index in [-0.39, 0.29) is 12.7 Å². The minimum absolute atomic E-state index is 0.0155. The van der Waals surface area contributed by atoms with Gasteiger partial charge in [-0.3, -0.25) is 4.79 Å². The van der Waals surface area contributed by atoms with Gasteiger partial charge in [0.15, 0.2) is 6.79 Å². The van der Waals surface area contributed by atoms with Crippen LogP contribution in [0.1, 0.15) is 16.0 Å². The number of thiophene rings is 1. The number of fused-ring (bicyclic) bond motifs is 1. The molecule has 0 radical (unpaired) electrons. The Bertz CT molecular complexity index is 643. The van der Waals surface area contributed by atoms with E-state index in [4.69, 9.17) is 21.1 Å². The summed E-state index contributed by atoms with van der Waals surface area (Å²) < 4.78 is 10.8. The van der Waals surface area contributed by atoms with Gasteiger partial charge in [0.2, 0.25) is 5.91 Å². The first kappa shape index (κ1) is 14.4. The van der Waals surface area contributed by atoms with Crippen LogP contribution in [-0.2, 0) is 29.1 Å². The van der Waals surface area contributed by atoms with E-state index >= 15 is 0 Å². The minimum atomic E-state index is -0.0155. The maximum Gasteiger partial charge on any atom is 0.225 e. The Labute approximate surface area is 131 Å². The number of ether oxygens (including phenoxy) is 2. The fourth-order valence-electron chi connectivity index (χ4n) is 2.22. The summed E-state index contributed by atoms with van der Waals surface area (Å²) in [5.41, 5.74) is 1.79. The highest BCUT2D eigenvalue weighted by atomic mass is 35.5. The molecule has 1 aliphatic heterocycles. The van der Waals surface area contributed by atoms with Gasteiger partial charge in [0.25, 0.3) is 0 Å². The van der Waals surface area contributed by atoms with Crippen molar-refractivity contribution in [3.05, 3.63) is 50.7 Å². The van der Waals surface area contributed by atoms with Crippen molar-refractivity contribution in [1.29, 1.82) is 0 Å². The van der Waals surface area contributed by atoms with Crippen LogP contribution in [0, 0.1) is 0 Å². The van der Waals surface area contributed by atoms with Crippen molar-refractivity contribution in [1.82, 2.24) is 5.32 Å². The van der Waals surface area contributed by atoms with Crippen LogP contribution in [0.3, 0.4) is 0 Å². The molecule has 0 spiro atoms. The van der Waals surface area contributed by atoms with Gasteiger partial charge in [-0.15, -0.1) is 11.3 Å². The molecular weight excluding hydrogens is 310 g/mol. The molecule has 0 atom stereocenters. The molecule has 0 saturated carbocycles. The Balaban J connectivity index is 1.67. The first-order chi connectivity index (χ1) is 10.2. The monoisotopic (exact) mass is 323 g/mol. The summed E-state index contributed by atoms with van der Waals surface area (Å²) in [5.74, 6) is 0.750. The lowest BCUT2D eigenvalue weighted by Gasteiger charge is -2.21. The highest BCUT2D eigenvalue weighted by molar-refractivity contribution is 7.10. The first-order valence-corrected chi connectivity index (χ1v) is 7.79. The Hall–Kier alpha value is -1.56. The smallest absolute Gasteiger partial charge is 0.225 e. The van der Waals surface area contributed by atoms with Crippen molar-refractivity contribution in [2.45, 2.75) is 19.6 Å². The first-order valence-electron chi connectivity index (χ1n) is 6.53. The Morgan fingerprint density at radius 2 is 2.33 bits per heavy atom. The molecule has 1 aromatic carbocycles. The standard InChI is InChI=1S/C15H14ClNO3S/c16-12-4-10(15-11(5-12)8-19-9-20-15)7-17-14(18)6-13-2-1-3-21-13/h1-5H,6-9H2,(H,17,18). The van der Waals surface area contributed by atoms with Crippen LogP contribution in [0.4, 0.5) is 0 Å². The van der Waals surface area contributed by atoms with Crippen molar-refractivity contribution in [2.24, 2.45) is 0 Å². The minimum Gasteiger partial charge on any atom is -0.467 e. The lowest BCUT2D eigenvalue weighted by atomic mass is 10.1. The quantitative estimate of drug-likeness (QED) is 0.940. The summed E-state index contributed by atoms with van der Waals surface area (Å²) in [6.45, 7) is 1.10. The highest BCUT2D eigenvalue weighted by Gasteiger charge is 2.17. The molecular formula is C15H14ClNO3S. The van der Waals surface area contributed by atoms with E-state index in [1.54, 1.807) is 11.3 Å². The largest absolute Gasteiger partial charge is 0.467 e. The number of nitrogens with one attached hydrogen (secondary N) is 1. The fourth-order valence-corrected chi connectivity index (χ4v) is 3.18. The number of amides is 1. The van der Waals surface area contributed by atoms with Crippen LogP contribution >= 0.6 is 22.9 Å². The number of benzene rings is 1. The van der Waals surface area contributed by atoms with E-state index in [1.807, 2.05) is 29.6 Å². The van der Waals surface area contributed by atoms with E-state index in [2.05, 4.69) is 5.32 Å². The fraction of sp³-hybridized carbons (Fsp3) is 0.267. The van der Waals surface area contributed by atoms with Crippen LogP contribution in [0.5, 0.6) is 5.75 Å². The number of rotatable bonds is 4. The van der Waals surface area contributed by atoms with E-state index in [0.29, 0.717) is 24.6 Å². The van der Waals surface area contributed by atoms with Gasteiger partial charge >= 0.3 is 0 Å². The third kappa shape index (κ3) is 3.56. The molecule has 2 heterocycles. The Morgan fingerprint density at radius 1 is 1.43 bits per heavy atom. The number of carbonyl (C=O) groups excluding carboxylic acids is 1. The SMILES string of the molecule is O=C(Cc1cccs1)NCc1cc(Cl)cc2c1OCOC2. The average molecular weight is 324 g/mol. The topological polar surface area (TPSA) is 47.6 Å². The molecule has 1 aliphatic rings. The van der Waals surface area contributed by atoms with Gasteiger partial charge in [-0.25, -0.2) is 0 Å². The lowest BCUT2D eigenvalue weighted by molar-refractivity contribution is -0.120. The third-order valence-electron chi connectivity index (χ3n) is 3.14. The second kappa shape index (κ2) is 6.47. The van der Waals surface area contributed by atoms with Crippen molar-refractivity contribution in [3.63, 3.8) is 0 Å². The summed E-state index contributed by atoms with van der Waals surface area (Å²) in [7, 11) is 0. The molecule has 4 nitrogen and oxygen atoms in total. The number of carbonyl (C=O) groups is 1. The molecule has 6 heteroatoms. The molecule has 0 saturated heterocycles. The highest BCUT2D eigenvalue weighted by Crippen LogP contribution is 2.31. The molecule has 0 bridgehead atoms. The second-order valence-corrected chi connectivity index (χ2v) is 6.17. The van der Waals surface area contributed by atoms with Crippen LogP contribution in [0.2, 0.25) is 5.02 Å². The van der Waals surface area contributed by atoms with E-state index in [0.717, 1.165) is 21.8 Å².